The first-order valence-corrected chi connectivity index (χ1v) is 7.35. The summed E-state index contributed by atoms with van der Waals surface area (Å²) in [5.41, 5.74) is 1.91. The number of carboxylic acids is 1. The third-order valence-corrected chi connectivity index (χ3v) is 4.17. The van der Waals surface area contributed by atoms with E-state index in [4.69, 9.17) is 5.11 Å². The summed E-state index contributed by atoms with van der Waals surface area (Å²) in [6, 6.07) is 1.98. The standard InChI is InChI=1S/C14H18N2O2S/c1-10-7-12(3-4-13(17)18)8-15-14(10)16-5-6-19-11(2)9-16/h3-4,7-8,11H,5-6,9H2,1-2H3,(H,17,18)/b4-3+. The fraction of sp³-hybridized carbons (Fsp3) is 0.429. The molecular formula is C14H18N2O2S. The third kappa shape index (κ3) is 3.73. The van der Waals surface area contributed by atoms with Gasteiger partial charge in [-0.15, -0.1) is 0 Å². The number of aryl methyl sites for hydroxylation is 1. The van der Waals surface area contributed by atoms with Gasteiger partial charge in [0, 0.05) is 36.4 Å². The second-order valence-corrected chi connectivity index (χ2v) is 6.25. The van der Waals surface area contributed by atoms with Crippen LogP contribution in [0.2, 0.25) is 0 Å². The zero-order chi connectivity index (χ0) is 13.8. The van der Waals surface area contributed by atoms with Gasteiger partial charge < -0.3 is 10.0 Å². The molecule has 2 rings (SSSR count). The highest BCUT2D eigenvalue weighted by molar-refractivity contribution is 8.00. The van der Waals surface area contributed by atoms with E-state index in [9.17, 15) is 4.79 Å². The van der Waals surface area contributed by atoms with Crippen molar-refractivity contribution in [1.29, 1.82) is 0 Å². The van der Waals surface area contributed by atoms with E-state index < -0.39 is 5.97 Å². The van der Waals surface area contributed by atoms with Crippen molar-refractivity contribution in [2.45, 2.75) is 19.1 Å². The lowest BCUT2D eigenvalue weighted by Crippen LogP contribution is -2.37. The van der Waals surface area contributed by atoms with Crippen LogP contribution < -0.4 is 4.90 Å². The van der Waals surface area contributed by atoms with Crippen LogP contribution in [0.5, 0.6) is 0 Å². The smallest absolute Gasteiger partial charge is 0.328 e. The summed E-state index contributed by atoms with van der Waals surface area (Å²) >= 11 is 1.99. The average molecular weight is 278 g/mol. The highest BCUT2D eigenvalue weighted by Gasteiger charge is 2.19. The van der Waals surface area contributed by atoms with Gasteiger partial charge in [-0.1, -0.05) is 6.92 Å². The van der Waals surface area contributed by atoms with Crippen molar-refractivity contribution < 1.29 is 9.90 Å². The highest BCUT2D eigenvalue weighted by atomic mass is 32.2. The Labute approximate surface area is 117 Å². The number of anilines is 1. The Hall–Kier alpha value is -1.49. The summed E-state index contributed by atoms with van der Waals surface area (Å²) in [6.45, 7) is 6.29. The van der Waals surface area contributed by atoms with Crippen LogP contribution in [0.1, 0.15) is 18.1 Å². The molecule has 4 nitrogen and oxygen atoms in total. The lowest BCUT2D eigenvalue weighted by atomic mass is 10.2. The predicted octanol–water partition coefficient (Wildman–Crippen LogP) is 2.43. The second kappa shape index (κ2) is 6.10. The molecule has 1 aliphatic rings. The zero-order valence-electron chi connectivity index (χ0n) is 11.2. The lowest BCUT2D eigenvalue weighted by molar-refractivity contribution is -0.131. The molecule has 1 N–H and O–H groups in total. The van der Waals surface area contributed by atoms with E-state index in [2.05, 4.69) is 16.8 Å². The number of hydrogen-bond acceptors (Lipinski definition) is 4. The number of nitrogens with zero attached hydrogens (tertiary/aromatic N) is 2. The Bertz CT molecular complexity index is 502. The summed E-state index contributed by atoms with van der Waals surface area (Å²) in [4.78, 5) is 17.3. The highest BCUT2D eigenvalue weighted by Crippen LogP contribution is 2.25. The number of carboxylic acid groups (broad SMARTS) is 1. The van der Waals surface area contributed by atoms with Gasteiger partial charge in [-0.05, 0) is 30.2 Å². The van der Waals surface area contributed by atoms with Crippen LogP contribution in [0.25, 0.3) is 6.08 Å². The molecule has 1 unspecified atom stereocenters. The van der Waals surface area contributed by atoms with Crippen LogP contribution in [0.4, 0.5) is 5.82 Å². The maximum Gasteiger partial charge on any atom is 0.328 e. The van der Waals surface area contributed by atoms with Crippen molar-refractivity contribution in [3.05, 3.63) is 29.5 Å². The summed E-state index contributed by atoms with van der Waals surface area (Å²) in [5, 5.41) is 9.24. The fourth-order valence-electron chi connectivity index (χ4n) is 2.19. The van der Waals surface area contributed by atoms with E-state index in [0.717, 1.165) is 41.9 Å². The topological polar surface area (TPSA) is 53.4 Å². The van der Waals surface area contributed by atoms with Gasteiger partial charge in [0.25, 0.3) is 0 Å². The van der Waals surface area contributed by atoms with E-state index >= 15 is 0 Å². The van der Waals surface area contributed by atoms with E-state index in [1.165, 1.54) is 0 Å². The molecule has 5 heteroatoms. The van der Waals surface area contributed by atoms with Gasteiger partial charge in [0.2, 0.25) is 0 Å². The number of rotatable bonds is 3. The second-order valence-electron chi connectivity index (χ2n) is 4.71. The van der Waals surface area contributed by atoms with Crippen LogP contribution in [-0.2, 0) is 4.79 Å². The molecule has 1 saturated heterocycles. The number of aromatic nitrogens is 1. The largest absolute Gasteiger partial charge is 0.478 e. The SMILES string of the molecule is Cc1cc(/C=C/C(=O)O)cnc1N1CCSC(C)C1. The van der Waals surface area contributed by atoms with E-state index in [-0.39, 0.29) is 0 Å². The van der Waals surface area contributed by atoms with Crippen LogP contribution >= 0.6 is 11.8 Å². The first-order valence-electron chi connectivity index (χ1n) is 6.30. The average Bonchev–Trinajstić information content (AvgIpc) is 2.36. The number of pyridine rings is 1. The van der Waals surface area contributed by atoms with E-state index in [0.29, 0.717) is 5.25 Å². The van der Waals surface area contributed by atoms with Gasteiger partial charge in [-0.3, -0.25) is 0 Å². The van der Waals surface area contributed by atoms with Gasteiger partial charge in [0.05, 0.1) is 0 Å². The van der Waals surface area contributed by atoms with Crippen LogP contribution in [0.3, 0.4) is 0 Å². The predicted molar refractivity (Wildman–Crippen MR) is 79.8 cm³/mol. The van der Waals surface area contributed by atoms with Gasteiger partial charge in [0.1, 0.15) is 5.82 Å². The zero-order valence-corrected chi connectivity index (χ0v) is 12.0. The number of carbonyl (C=O) groups is 1. The fourth-order valence-corrected chi connectivity index (χ4v) is 3.20. The molecule has 0 radical (unpaired) electrons. The van der Waals surface area contributed by atoms with Crippen molar-refractivity contribution >= 4 is 29.6 Å². The van der Waals surface area contributed by atoms with Crippen molar-refractivity contribution in [1.82, 2.24) is 4.98 Å². The molecule has 0 spiro atoms. The molecule has 19 heavy (non-hydrogen) atoms. The molecule has 1 aliphatic heterocycles. The van der Waals surface area contributed by atoms with E-state index in [1.54, 1.807) is 12.3 Å². The molecule has 0 saturated carbocycles. The Kier molecular flexibility index (Phi) is 4.47. The van der Waals surface area contributed by atoms with Crippen molar-refractivity contribution in [2.24, 2.45) is 0 Å². The summed E-state index contributed by atoms with van der Waals surface area (Å²) in [6.07, 6.45) is 4.44. The molecule has 0 amide bonds. The van der Waals surface area contributed by atoms with Gasteiger partial charge in [0.15, 0.2) is 0 Å². The molecule has 1 atom stereocenters. The molecule has 0 bridgehead atoms. The van der Waals surface area contributed by atoms with Crippen molar-refractivity contribution in [3.63, 3.8) is 0 Å². The minimum Gasteiger partial charge on any atom is -0.478 e. The van der Waals surface area contributed by atoms with Gasteiger partial charge >= 0.3 is 5.97 Å². The monoisotopic (exact) mass is 278 g/mol. The normalized spacial score (nSPS) is 19.9. The Morgan fingerprint density at radius 3 is 3.05 bits per heavy atom. The molecular weight excluding hydrogens is 260 g/mol. The first-order chi connectivity index (χ1) is 9.06. The number of hydrogen-bond donors (Lipinski definition) is 1. The summed E-state index contributed by atoms with van der Waals surface area (Å²) < 4.78 is 0. The Morgan fingerprint density at radius 1 is 1.63 bits per heavy atom. The van der Waals surface area contributed by atoms with Crippen LogP contribution in [0.15, 0.2) is 18.3 Å². The first kappa shape index (κ1) is 13.9. The minimum atomic E-state index is -0.941. The van der Waals surface area contributed by atoms with Crippen molar-refractivity contribution in [3.8, 4) is 0 Å². The molecule has 102 valence electrons. The Morgan fingerprint density at radius 2 is 2.42 bits per heavy atom. The quantitative estimate of drug-likeness (QED) is 0.861. The van der Waals surface area contributed by atoms with Crippen LogP contribution in [-0.4, -0.2) is 40.2 Å². The van der Waals surface area contributed by atoms with E-state index in [1.807, 2.05) is 24.8 Å². The number of aliphatic carboxylic acids is 1. The Balaban J connectivity index is 2.17. The maximum atomic E-state index is 10.5. The molecule has 2 heterocycles. The summed E-state index contributed by atoms with van der Waals surface area (Å²) in [5.74, 6) is 1.20. The lowest BCUT2D eigenvalue weighted by Gasteiger charge is -2.32. The molecule has 0 aliphatic carbocycles. The molecule has 1 fully saturated rings. The third-order valence-electron chi connectivity index (χ3n) is 3.03. The molecule has 0 aromatic carbocycles. The molecule has 1 aromatic rings. The minimum absolute atomic E-state index is 0.626. The van der Waals surface area contributed by atoms with Gasteiger partial charge in [-0.25, -0.2) is 9.78 Å². The summed E-state index contributed by atoms with van der Waals surface area (Å²) in [7, 11) is 0. The van der Waals surface area contributed by atoms with Gasteiger partial charge in [-0.2, -0.15) is 11.8 Å². The maximum absolute atomic E-state index is 10.5. The van der Waals surface area contributed by atoms with Crippen LogP contribution in [0, 0.1) is 6.92 Å². The number of thioether (sulfide) groups is 1. The van der Waals surface area contributed by atoms with Crippen molar-refractivity contribution in [2.75, 3.05) is 23.7 Å². The molecule has 1 aromatic heterocycles.